The van der Waals surface area contributed by atoms with Crippen LogP contribution in [0.4, 0.5) is 5.82 Å². The number of rotatable bonds is 10. The fourth-order valence-corrected chi connectivity index (χ4v) is 3.35. The van der Waals surface area contributed by atoms with Crippen LogP contribution in [0.2, 0.25) is 0 Å². The van der Waals surface area contributed by atoms with Crippen LogP contribution in [0.1, 0.15) is 22.8 Å². The Morgan fingerprint density at radius 1 is 1.21 bits per heavy atom. The first-order valence-electron chi connectivity index (χ1n) is 9.56. The van der Waals surface area contributed by atoms with Crippen LogP contribution >= 0.6 is 11.8 Å². The summed E-state index contributed by atoms with van der Waals surface area (Å²) in [7, 11) is 1.67. The number of hydrogen-bond acceptors (Lipinski definition) is 7. The third kappa shape index (κ3) is 5.45. The van der Waals surface area contributed by atoms with Crippen molar-refractivity contribution < 1.29 is 9.53 Å². The quantitative estimate of drug-likeness (QED) is 0.299. The highest BCUT2D eigenvalue weighted by atomic mass is 32.2. The maximum Gasteiger partial charge on any atom is 0.251 e. The largest absolute Gasteiger partial charge is 0.383 e. The minimum Gasteiger partial charge on any atom is -0.383 e. The first-order chi connectivity index (χ1) is 14.1. The molecular formula is C20H26N6O2S. The topological polar surface area (TPSA) is 94.0 Å². The number of nitrogens with zero attached hydrogens (tertiary/aromatic N) is 4. The van der Waals surface area contributed by atoms with Gasteiger partial charge in [-0.05, 0) is 24.8 Å². The van der Waals surface area contributed by atoms with Gasteiger partial charge in [-0.2, -0.15) is 5.10 Å². The fourth-order valence-electron chi connectivity index (χ4n) is 2.78. The zero-order valence-electron chi connectivity index (χ0n) is 16.9. The monoisotopic (exact) mass is 414 g/mol. The van der Waals surface area contributed by atoms with Crippen molar-refractivity contribution in [3.8, 4) is 0 Å². The molecule has 1 amide bonds. The molecule has 0 aliphatic heterocycles. The van der Waals surface area contributed by atoms with E-state index in [9.17, 15) is 4.79 Å². The molecule has 3 aromatic rings. The summed E-state index contributed by atoms with van der Waals surface area (Å²) >= 11 is 1.58. The lowest BCUT2D eigenvalue weighted by atomic mass is 10.1. The molecule has 2 aromatic heterocycles. The van der Waals surface area contributed by atoms with Gasteiger partial charge in [0, 0.05) is 25.8 Å². The van der Waals surface area contributed by atoms with E-state index in [1.807, 2.05) is 31.2 Å². The molecule has 0 unspecified atom stereocenters. The number of anilines is 1. The number of aromatic nitrogens is 4. The molecular weight excluding hydrogens is 388 g/mol. The highest BCUT2D eigenvalue weighted by molar-refractivity contribution is 7.99. The molecule has 0 aliphatic rings. The summed E-state index contributed by atoms with van der Waals surface area (Å²) in [6, 6.07) is 7.51. The molecule has 154 valence electrons. The molecule has 0 bridgehead atoms. The zero-order valence-corrected chi connectivity index (χ0v) is 17.8. The number of fused-ring (bicyclic) bond motifs is 1. The molecule has 0 atom stereocenters. The highest BCUT2D eigenvalue weighted by Gasteiger charge is 2.13. The molecule has 2 N–H and O–H groups in total. The number of thioether (sulfide) groups is 1. The van der Waals surface area contributed by atoms with E-state index in [0.717, 1.165) is 28.2 Å². The van der Waals surface area contributed by atoms with Crippen LogP contribution in [0.15, 0.2) is 35.6 Å². The lowest BCUT2D eigenvalue weighted by Crippen LogP contribution is -2.27. The maximum atomic E-state index is 12.3. The van der Waals surface area contributed by atoms with Gasteiger partial charge in [-0.1, -0.05) is 36.4 Å². The Labute approximate surface area is 174 Å². The molecule has 9 heteroatoms. The van der Waals surface area contributed by atoms with Gasteiger partial charge in [0.15, 0.2) is 10.8 Å². The van der Waals surface area contributed by atoms with Crippen molar-refractivity contribution in [2.45, 2.75) is 25.5 Å². The molecule has 0 aliphatic carbocycles. The molecule has 0 fully saturated rings. The van der Waals surface area contributed by atoms with Crippen LogP contribution < -0.4 is 10.6 Å². The Kier molecular flexibility index (Phi) is 7.42. The van der Waals surface area contributed by atoms with E-state index >= 15 is 0 Å². The smallest absolute Gasteiger partial charge is 0.251 e. The van der Waals surface area contributed by atoms with Gasteiger partial charge < -0.3 is 15.4 Å². The van der Waals surface area contributed by atoms with Gasteiger partial charge in [-0.15, -0.1) is 0 Å². The normalized spacial score (nSPS) is 11.0. The number of carbonyl (C=O) groups is 1. The van der Waals surface area contributed by atoms with Crippen LogP contribution in [-0.4, -0.2) is 58.2 Å². The van der Waals surface area contributed by atoms with E-state index in [0.29, 0.717) is 37.0 Å². The van der Waals surface area contributed by atoms with E-state index in [1.165, 1.54) is 0 Å². The summed E-state index contributed by atoms with van der Waals surface area (Å²) in [4.78, 5) is 21.5. The first-order valence-corrected chi connectivity index (χ1v) is 10.5. The van der Waals surface area contributed by atoms with Gasteiger partial charge >= 0.3 is 0 Å². The van der Waals surface area contributed by atoms with Crippen molar-refractivity contribution in [3.63, 3.8) is 0 Å². The van der Waals surface area contributed by atoms with Crippen LogP contribution in [0.3, 0.4) is 0 Å². The Bertz CT molecular complexity index is 958. The molecule has 8 nitrogen and oxygen atoms in total. The zero-order chi connectivity index (χ0) is 20.6. The summed E-state index contributed by atoms with van der Waals surface area (Å²) in [6.45, 7) is 6.27. The second-order valence-corrected chi connectivity index (χ2v) is 7.67. The summed E-state index contributed by atoms with van der Waals surface area (Å²) in [5, 5.41) is 12.2. The third-order valence-corrected chi connectivity index (χ3v) is 5.00. The predicted molar refractivity (Wildman–Crippen MR) is 116 cm³/mol. The average Bonchev–Trinajstić information content (AvgIpc) is 3.12. The standard InChI is InChI=1S/C20H26N6O2S/c1-4-29-20-24-17(21-10-12-28-3)16-13-23-26(18(16)25-20)11-9-22-19(27)15-7-5-14(2)6-8-15/h5-8,13H,4,9-12H2,1-3H3,(H,22,27)(H,21,24,25). The van der Waals surface area contributed by atoms with Gasteiger partial charge in [0.05, 0.1) is 24.7 Å². The summed E-state index contributed by atoms with van der Waals surface area (Å²) < 4.78 is 6.90. The summed E-state index contributed by atoms with van der Waals surface area (Å²) in [6.07, 6.45) is 1.76. The van der Waals surface area contributed by atoms with Crippen molar-refractivity contribution in [2.75, 3.05) is 37.9 Å². The second-order valence-electron chi connectivity index (χ2n) is 6.43. The SMILES string of the molecule is CCSc1nc(NCCOC)c2cnn(CCNC(=O)c3ccc(C)cc3)c2n1. The van der Waals surface area contributed by atoms with Crippen LogP contribution in [0.5, 0.6) is 0 Å². The van der Waals surface area contributed by atoms with Crippen molar-refractivity contribution >= 4 is 34.5 Å². The Morgan fingerprint density at radius 2 is 2.00 bits per heavy atom. The van der Waals surface area contributed by atoms with Crippen molar-refractivity contribution in [1.29, 1.82) is 0 Å². The van der Waals surface area contributed by atoms with Crippen molar-refractivity contribution in [1.82, 2.24) is 25.1 Å². The molecule has 0 saturated heterocycles. The summed E-state index contributed by atoms with van der Waals surface area (Å²) in [5.74, 6) is 1.53. The first kappa shape index (κ1) is 21.1. The number of carbonyl (C=O) groups excluding carboxylic acids is 1. The van der Waals surface area contributed by atoms with Gasteiger partial charge in [0.25, 0.3) is 5.91 Å². The molecule has 0 radical (unpaired) electrons. The van der Waals surface area contributed by atoms with Crippen molar-refractivity contribution in [2.24, 2.45) is 0 Å². The van der Waals surface area contributed by atoms with E-state index in [2.05, 4.69) is 32.6 Å². The number of hydrogen-bond donors (Lipinski definition) is 2. The molecule has 3 rings (SSSR count). The molecule has 0 saturated carbocycles. The fraction of sp³-hybridized carbons (Fsp3) is 0.400. The average molecular weight is 415 g/mol. The van der Waals surface area contributed by atoms with E-state index < -0.39 is 0 Å². The number of methoxy groups -OCH3 is 1. The lowest BCUT2D eigenvalue weighted by molar-refractivity contribution is 0.0952. The molecule has 29 heavy (non-hydrogen) atoms. The van der Waals surface area contributed by atoms with Gasteiger partial charge in [-0.3, -0.25) is 4.79 Å². The van der Waals surface area contributed by atoms with E-state index in [4.69, 9.17) is 4.74 Å². The highest BCUT2D eigenvalue weighted by Crippen LogP contribution is 2.24. The number of nitrogens with one attached hydrogen (secondary N) is 2. The maximum absolute atomic E-state index is 12.3. The van der Waals surface area contributed by atoms with Gasteiger partial charge in [-0.25, -0.2) is 14.6 Å². The van der Waals surface area contributed by atoms with E-state index in [-0.39, 0.29) is 5.91 Å². The van der Waals surface area contributed by atoms with Crippen molar-refractivity contribution in [3.05, 3.63) is 41.6 Å². The summed E-state index contributed by atoms with van der Waals surface area (Å²) in [5.41, 5.74) is 2.52. The number of benzene rings is 1. The Morgan fingerprint density at radius 3 is 2.72 bits per heavy atom. The minimum atomic E-state index is -0.0970. The predicted octanol–water partition coefficient (Wildman–Crippen LogP) is 2.74. The number of aryl methyl sites for hydroxylation is 1. The molecule has 1 aromatic carbocycles. The van der Waals surface area contributed by atoms with Crippen LogP contribution in [0, 0.1) is 6.92 Å². The van der Waals surface area contributed by atoms with Crippen LogP contribution in [-0.2, 0) is 11.3 Å². The van der Waals surface area contributed by atoms with Crippen LogP contribution in [0.25, 0.3) is 11.0 Å². The minimum absolute atomic E-state index is 0.0970. The number of ether oxygens (including phenoxy) is 1. The Hall–Kier alpha value is -2.65. The lowest BCUT2D eigenvalue weighted by Gasteiger charge is -2.09. The van der Waals surface area contributed by atoms with Gasteiger partial charge in [0.2, 0.25) is 0 Å². The second kappa shape index (κ2) is 10.2. The number of amides is 1. The molecule has 2 heterocycles. The third-order valence-electron chi connectivity index (χ3n) is 4.27. The van der Waals surface area contributed by atoms with E-state index in [1.54, 1.807) is 29.8 Å². The molecule has 0 spiro atoms. The van der Waals surface area contributed by atoms with Gasteiger partial charge in [0.1, 0.15) is 5.82 Å². The Balaban J connectivity index is 1.71.